The molecule has 156 valence electrons. The lowest BCUT2D eigenvalue weighted by molar-refractivity contribution is -0.112. The molecule has 2 aromatic carbocycles. The van der Waals surface area contributed by atoms with Gasteiger partial charge in [0.1, 0.15) is 11.6 Å². The molecular weight excluding hydrogens is 452 g/mol. The van der Waals surface area contributed by atoms with E-state index < -0.39 is 11.9 Å². The van der Waals surface area contributed by atoms with Crippen molar-refractivity contribution in [2.45, 2.75) is 13.8 Å². The number of hydrogen-bond acceptors (Lipinski definition) is 6. The summed E-state index contributed by atoms with van der Waals surface area (Å²) in [7, 11) is 1.53. The van der Waals surface area contributed by atoms with Crippen LogP contribution < -0.4 is 14.8 Å². The number of nitrogens with zero attached hydrogens (tertiary/aromatic N) is 1. The van der Waals surface area contributed by atoms with Crippen molar-refractivity contribution in [3.05, 3.63) is 57.6 Å². The number of anilines is 1. The van der Waals surface area contributed by atoms with Gasteiger partial charge in [0.15, 0.2) is 11.5 Å². The van der Waals surface area contributed by atoms with Crippen LogP contribution in [0.2, 0.25) is 0 Å². The molecule has 0 fully saturated rings. The molecule has 0 saturated carbocycles. The Bertz CT molecular complexity index is 994. The maximum Gasteiger partial charge on any atom is 0.338 e. The van der Waals surface area contributed by atoms with E-state index in [0.717, 1.165) is 0 Å². The van der Waals surface area contributed by atoms with Crippen molar-refractivity contribution in [1.82, 2.24) is 0 Å². The quantitative estimate of drug-likeness (QED) is 0.343. The van der Waals surface area contributed by atoms with Gasteiger partial charge in [-0.05, 0) is 61.9 Å². The summed E-state index contributed by atoms with van der Waals surface area (Å²) < 4.78 is 16.4. The van der Waals surface area contributed by atoms with Gasteiger partial charge >= 0.3 is 5.97 Å². The molecule has 2 aromatic rings. The predicted octanol–water partition coefficient (Wildman–Crippen LogP) is 4.58. The van der Waals surface area contributed by atoms with Crippen LogP contribution in [-0.4, -0.2) is 32.2 Å². The third-order valence-electron chi connectivity index (χ3n) is 3.90. The Balaban J connectivity index is 2.24. The van der Waals surface area contributed by atoms with E-state index in [1.807, 2.05) is 13.0 Å². The molecule has 0 aliphatic heterocycles. The summed E-state index contributed by atoms with van der Waals surface area (Å²) in [5.74, 6) is 0.0109. The minimum Gasteiger partial charge on any atom is -0.493 e. The Morgan fingerprint density at radius 2 is 1.83 bits per heavy atom. The topological polar surface area (TPSA) is 97.7 Å². The summed E-state index contributed by atoms with van der Waals surface area (Å²) >= 11 is 3.42. The molecule has 0 radical (unpaired) electrons. The maximum atomic E-state index is 12.5. The van der Waals surface area contributed by atoms with E-state index in [-0.39, 0.29) is 12.2 Å². The fourth-order valence-electron chi connectivity index (χ4n) is 2.50. The van der Waals surface area contributed by atoms with Crippen LogP contribution in [0.5, 0.6) is 11.5 Å². The molecule has 8 heteroatoms. The van der Waals surface area contributed by atoms with Crippen molar-refractivity contribution in [3.8, 4) is 17.6 Å². The predicted molar refractivity (Wildman–Crippen MR) is 116 cm³/mol. The lowest BCUT2D eigenvalue weighted by atomic mass is 10.1. The van der Waals surface area contributed by atoms with Gasteiger partial charge in [-0.15, -0.1) is 0 Å². The van der Waals surface area contributed by atoms with Crippen LogP contribution in [0.15, 0.2) is 46.4 Å². The maximum absolute atomic E-state index is 12.5. The highest BCUT2D eigenvalue weighted by atomic mass is 79.9. The highest BCUT2D eigenvalue weighted by molar-refractivity contribution is 9.10. The highest BCUT2D eigenvalue weighted by Crippen LogP contribution is 2.34. The summed E-state index contributed by atoms with van der Waals surface area (Å²) in [6.45, 7) is 4.28. The Morgan fingerprint density at radius 3 is 2.40 bits per heavy atom. The van der Waals surface area contributed by atoms with Gasteiger partial charge in [-0.2, -0.15) is 5.26 Å². The van der Waals surface area contributed by atoms with Crippen LogP contribution in [0.4, 0.5) is 5.69 Å². The van der Waals surface area contributed by atoms with Gasteiger partial charge in [-0.3, -0.25) is 4.79 Å². The summed E-state index contributed by atoms with van der Waals surface area (Å²) in [5, 5.41) is 12.1. The van der Waals surface area contributed by atoms with Crippen molar-refractivity contribution in [1.29, 1.82) is 5.26 Å². The number of methoxy groups -OCH3 is 1. The van der Waals surface area contributed by atoms with Gasteiger partial charge in [-0.25, -0.2) is 4.79 Å². The fraction of sp³-hybridized carbons (Fsp3) is 0.227. The molecular formula is C22H21BrN2O5. The molecule has 1 amide bonds. The fourth-order valence-corrected chi connectivity index (χ4v) is 2.93. The molecule has 1 N–H and O–H groups in total. The molecule has 0 aromatic heterocycles. The van der Waals surface area contributed by atoms with Crippen LogP contribution in [0, 0.1) is 11.3 Å². The molecule has 7 nitrogen and oxygen atoms in total. The molecule has 0 aliphatic rings. The van der Waals surface area contributed by atoms with Crippen LogP contribution in [0.1, 0.15) is 29.8 Å². The highest BCUT2D eigenvalue weighted by Gasteiger charge is 2.14. The second-order valence-corrected chi connectivity index (χ2v) is 6.73. The van der Waals surface area contributed by atoms with Crippen molar-refractivity contribution in [2.24, 2.45) is 0 Å². The van der Waals surface area contributed by atoms with Gasteiger partial charge in [0, 0.05) is 10.2 Å². The first-order valence-corrected chi connectivity index (χ1v) is 9.93. The molecule has 30 heavy (non-hydrogen) atoms. The Labute approximate surface area is 183 Å². The first-order chi connectivity index (χ1) is 14.4. The summed E-state index contributed by atoms with van der Waals surface area (Å²) in [4.78, 5) is 24.3. The third kappa shape index (κ3) is 5.84. The first-order valence-electron chi connectivity index (χ1n) is 9.14. The average molecular weight is 473 g/mol. The van der Waals surface area contributed by atoms with E-state index in [2.05, 4.69) is 21.2 Å². The van der Waals surface area contributed by atoms with E-state index in [1.54, 1.807) is 31.2 Å². The third-order valence-corrected chi connectivity index (χ3v) is 4.59. The van der Waals surface area contributed by atoms with Crippen molar-refractivity contribution in [2.75, 3.05) is 25.6 Å². The van der Waals surface area contributed by atoms with Gasteiger partial charge < -0.3 is 19.5 Å². The summed E-state index contributed by atoms with van der Waals surface area (Å²) in [6, 6.07) is 11.5. The number of carbonyl (C=O) groups is 2. The van der Waals surface area contributed by atoms with Crippen LogP contribution in [0.3, 0.4) is 0 Å². The zero-order valence-corrected chi connectivity index (χ0v) is 18.4. The first kappa shape index (κ1) is 23.0. The van der Waals surface area contributed by atoms with E-state index in [0.29, 0.717) is 39.4 Å². The Kier molecular flexibility index (Phi) is 8.44. The van der Waals surface area contributed by atoms with Gasteiger partial charge in [0.2, 0.25) is 0 Å². The van der Waals surface area contributed by atoms with Crippen LogP contribution >= 0.6 is 15.9 Å². The SMILES string of the molecule is CCOC(=O)c1ccc(NC(=O)/C(C#N)=C/c2cc(OCC)c(OC)cc2Br)cc1. The second-order valence-electron chi connectivity index (χ2n) is 5.88. The van der Waals surface area contributed by atoms with E-state index in [1.165, 1.54) is 25.3 Å². The largest absolute Gasteiger partial charge is 0.493 e. The number of halogens is 1. The van der Waals surface area contributed by atoms with Crippen LogP contribution in [0.25, 0.3) is 6.08 Å². The molecule has 0 aliphatic carbocycles. The summed E-state index contributed by atoms with van der Waals surface area (Å²) in [5.41, 5.74) is 1.30. The van der Waals surface area contributed by atoms with E-state index >= 15 is 0 Å². The lowest BCUT2D eigenvalue weighted by Crippen LogP contribution is -2.13. The van der Waals surface area contributed by atoms with Crippen LogP contribution in [-0.2, 0) is 9.53 Å². The second kappa shape index (κ2) is 11.0. The molecule has 0 spiro atoms. The number of nitriles is 1. The average Bonchev–Trinajstić information content (AvgIpc) is 2.74. The number of hydrogen-bond donors (Lipinski definition) is 1. The van der Waals surface area contributed by atoms with Gasteiger partial charge in [0.05, 0.1) is 25.9 Å². The van der Waals surface area contributed by atoms with Gasteiger partial charge in [-0.1, -0.05) is 15.9 Å². The standard InChI is InChI=1S/C22H21BrN2O5/c1-4-29-20-11-15(18(23)12-19(20)28-3)10-16(13-24)21(26)25-17-8-6-14(7-9-17)22(27)30-5-2/h6-12H,4-5H2,1-3H3,(H,25,26)/b16-10+. The molecule has 0 atom stereocenters. The molecule has 0 heterocycles. The minimum atomic E-state index is -0.581. The Morgan fingerprint density at radius 1 is 1.13 bits per heavy atom. The number of carbonyl (C=O) groups excluding carboxylic acids is 2. The number of benzene rings is 2. The molecule has 0 saturated heterocycles. The monoisotopic (exact) mass is 472 g/mol. The van der Waals surface area contributed by atoms with Crippen molar-refractivity contribution in [3.63, 3.8) is 0 Å². The number of amides is 1. The number of rotatable bonds is 8. The number of esters is 1. The number of ether oxygens (including phenoxy) is 3. The van der Waals surface area contributed by atoms with E-state index in [9.17, 15) is 14.9 Å². The zero-order chi connectivity index (χ0) is 22.1. The normalized spacial score (nSPS) is 10.7. The smallest absolute Gasteiger partial charge is 0.338 e. The van der Waals surface area contributed by atoms with Crippen molar-refractivity contribution >= 4 is 39.6 Å². The lowest BCUT2D eigenvalue weighted by Gasteiger charge is -2.12. The molecule has 0 unspecified atom stereocenters. The molecule has 0 bridgehead atoms. The number of nitrogens with one attached hydrogen (secondary N) is 1. The Hall–Kier alpha value is -3.31. The zero-order valence-electron chi connectivity index (χ0n) is 16.8. The molecule has 2 rings (SSSR count). The van der Waals surface area contributed by atoms with E-state index in [4.69, 9.17) is 14.2 Å². The van der Waals surface area contributed by atoms with Gasteiger partial charge in [0.25, 0.3) is 5.91 Å². The minimum absolute atomic E-state index is 0.0993. The summed E-state index contributed by atoms with van der Waals surface area (Å²) in [6.07, 6.45) is 1.45. The van der Waals surface area contributed by atoms with Crippen molar-refractivity contribution < 1.29 is 23.8 Å².